The van der Waals surface area contributed by atoms with Crippen molar-refractivity contribution in [1.82, 2.24) is 0 Å². The average molecular weight is 255 g/mol. The lowest BCUT2D eigenvalue weighted by molar-refractivity contribution is 0.0807. The second-order valence-electron chi connectivity index (χ2n) is 4.00. The molecule has 2 rings (SSSR count). The first kappa shape index (κ1) is 12.2. The van der Waals surface area contributed by atoms with Crippen LogP contribution >= 0.6 is 11.6 Å². The van der Waals surface area contributed by atoms with Crippen LogP contribution in [0.2, 0.25) is 5.02 Å². The Morgan fingerprint density at radius 3 is 3.00 bits per heavy atom. The number of benzene rings is 1. The van der Waals surface area contributed by atoms with Crippen LogP contribution in [0.5, 0.6) is 0 Å². The number of hydrogen-bond donors (Lipinski definition) is 1. The number of carbonyl (C=O) groups excluding carboxylic acids is 1. The quantitative estimate of drug-likeness (QED) is 0.901. The predicted octanol–water partition coefficient (Wildman–Crippen LogP) is 2.40. The van der Waals surface area contributed by atoms with E-state index < -0.39 is 0 Å². The van der Waals surface area contributed by atoms with Gasteiger partial charge in [0.2, 0.25) is 0 Å². The molecule has 2 N–H and O–H groups in total. The number of ether oxygens (including phenoxy) is 1. The number of amides is 1. The van der Waals surface area contributed by atoms with E-state index in [-0.39, 0.29) is 12.2 Å². The highest BCUT2D eigenvalue weighted by molar-refractivity contribution is 6.30. The molecular weight excluding hydrogens is 240 g/mol. The molecule has 0 radical (unpaired) electrons. The first-order valence-electron chi connectivity index (χ1n) is 5.64. The highest BCUT2D eigenvalue weighted by Gasteiger charge is 2.27. The molecule has 1 atom stereocenters. The van der Waals surface area contributed by atoms with Gasteiger partial charge in [-0.25, -0.2) is 4.79 Å². The van der Waals surface area contributed by atoms with Crippen molar-refractivity contribution in [1.29, 1.82) is 0 Å². The monoisotopic (exact) mass is 254 g/mol. The zero-order chi connectivity index (χ0) is 12.3. The van der Waals surface area contributed by atoms with E-state index in [1.165, 1.54) is 0 Å². The van der Waals surface area contributed by atoms with Crippen LogP contribution in [-0.4, -0.2) is 25.3 Å². The van der Waals surface area contributed by atoms with Gasteiger partial charge in [-0.3, -0.25) is 4.90 Å². The van der Waals surface area contributed by atoms with Crippen LogP contribution in [0.3, 0.4) is 0 Å². The Balaban J connectivity index is 2.07. The van der Waals surface area contributed by atoms with Crippen LogP contribution in [-0.2, 0) is 4.74 Å². The number of nitrogens with zero attached hydrogens (tertiary/aromatic N) is 1. The predicted molar refractivity (Wildman–Crippen MR) is 67.4 cm³/mol. The largest absolute Gasteiger partial charge is 0.446 e. The van der Waals surface area contributed by atoms with E-state index in [0.717, 1.165) is 18.5 Å². The summed E-state index contributed by atoms with van der Waals surface area (Å²) in [4.78, 5) is 13.4. The topological polar surface area (TPSA) is 55.6 Å². The maximum atomic E-state index is 11.8. The third kappa shape index (κ3) is 2.90. The summed E-state index contributed by atoms with van der Waals surface area (Å²) < 4.78 is 5.30. The lowest BCUT2D eigenvalue weighted by Crippen LogP contribution is -2.42. The summed E-state index contributed by atoms with van der Waals surface area (Å²) in [6.45, 7) is 1.18. The van der Waals surface area contributed by atoms with E-state index >= 15 is 0 Å². The zero-order valence-corrected chi connectivity index (χ0v) is 10.2. The highest BCUT2D eigenvalue weighted by Crippen LogP contribution is 2.24. The summed E-state index contributed by atoms with van der Waals surface area (Å²) in [5, 5.41) is 0.611. The molecule has 0 aromatic heterocycles. The third-order valence-corrected chi connectivity index (χ3v) is 3.01. The standard InChI is InChI=1S/C12H15ClN2O2/c13-9-2-1-3-10(8-9)15-7-5-11(4-6-14)17-12(15)16/h1-3,8,11H,4-7,14H2. The van der Waals surface area contributed by atoms with Crippen LogP contribution in [0.4, 0.5) is 10.5 Å². The minimum atomic E-state index is -0.322. The van der Waals surface area contributed by atoms with Crippen LogP contribution < -0.4 is 10.6 Å². The summed E-state index contributed by atoms with van der Waals surface area (Å²) in [7, 11) is 0. The van der Waals surface area contributed by atoms with E-state index in [9.17, 15) is 4.79 Å². The smallest absolute Gasteiger partial charge is 0.414 e. The number of cyclic esters (lactones) is 1. The second-order valence-corrected chi connectivity index (χ2v) is 4.44. The van der Waals surface area contributed by atoms with Gasteiger partial charge in [-0.2, -0.15) is 0 Å². The molecule has 1 aliphatic heterocycles. The van der Waals surface area contributed by atoms with Crippen LogP contribution in [0.25, 0.3) is 0 Å². The Hall–Kier alpha value is -1.26. The van der Waals surface area contributed by atoms with Crippen LogP contribution in [0, 0.1) is 0 Å². The normalized spacial score (nSPS) is 20.2. The Labute approximate surface area is 105 Å². The SMILES string of the molecule is NCCC1CCN(c2cccc(Cl)c2)C(=O)O1. The molecule has 0 spiro atoms. The number of nitrogens with two attached hydrogens (primary N) is 1. The zero-order valence-electron chi connectivity index (χ0n) is 9.43. The molecule has 1 amide bonds. The van der Waals surface area contributed by atoms with E-state index in [1.807, 2.05) is 12.1 Å². The molecule has 0 bridgehead atoms. The van der Waals surface area contributed by atoms with Crippen molar-refractivity contribution in [2.75, 3.05) is 18.0 Å². The van der Waals surface area contributed by atoms with Gasteiger partial charge in [-0.15, -0.1) is 0 Å². The molecule has 1 aromatic rings. The van der Waals surface area contributed by atoms with E-state index in [2.05, 4.69) is 0 Å². The Morgan fingerprint density at radius 2 is 2.35 bits per heavy atom. The lowest BCUT2D eigenvalue weighted by atomic mass is 10.1. The summed E-state index contributed by atoms with van der Waals surface area (Å²) in [6.07, 6.45) is 1.14. The van der Waals surface area contributed by atoms with Crippen molar-refractivity contribution in [2.45, 2.75) is 18.9 Å². The van der Waals surface area contributed by atoms with Gasteiger partial charge in [0, 0.05) is 23.7 Å². The molecule has 17 heavy (non-hydrogen) atoms. The second kappa shape index (κ2) is 5.38. The van der Waals surface area contributed by atoms with Gasteiger partial charge in [-0.1, -0.05) is 17.7 Å². The molecule has 0 aliphatic carbocycles. The van der Waals surface area contributed by atoms with E-state index in [4.69, 9.17) is 22.1 Å². The van der Waals surface area contributed by atoms with Gasteiger partial charge in [0.25, 0.3) is 0 Å². The average Bonchev–Trinajstić information content (AvgIpc) is 2.29. The third-order valence-electron chi connectivity index (χ3n) is 2.77. The first-order chi connectivity index (χ1) is 8.20. The van der Waals surface area contributed by atoms with Gasteiger partial charge in [-0.05, 0) is 31.2 Å². The molecule has 1 aromatic carbocycles. The highest BCUT2D eigenvalue weighted by atomic mass is 35.5. The summed E-state index contributed by atoms with van der Waals surface area (Å²) in [5.74, 6) is 0. The van der Waals surface area contributed by atoms with Gasteiger partial charge in [0.15, 0.2) is 0 Å². The van der Waals surface area contributed by atoms with Crippen molar-refractivity contribution in [3.05, 3.63) is 29.3 Å². The van der Waals surface area contributed by atoms with Gasteiger partial charge in [0.05, 0.1) is 0 Å². The minimum absolute atomic E-state index is 0.0528. The Kier molecular flexibility index (Phi) is 3.86. The van der Waals surface area contributed by atoms with Gasteiger partial charge < -0.3 is 10.5 Å². The maximum absolute atomic E-state index is 11.8. The van der Waals surface area contributed by atoms with Crippen LogP contribution in [0.1, 0.15) is 12.8 Å². The number of rotatable bonds is 3. The molecule has 1 aliphatic rings. The minimum Gasteiger partial charge on any atom is -0.446 e. The lowest BCUT2D eigenvalue weighted by Gasteiger charge is -2.31. The van der Waals surface area contributed by atoms with E-state index in [0.29, 0.717) is 18.1 Å². The molecule has 0 saturated carbocycles. The maximum Gasteiger partial charge on any atom is 0.414 e. The molecule has 1 unspecified atom stereocenters. The molecule has 4 nitrogen and oxygen atoms in total. The van der Waals surface area contributed by atoms with Crippen molar-refractivity contribution >= 4 is 23.4 Å². The fraction of sp³-hybridized carbons (Fsp3) is 0.417. The van der Waals surface area contributed by atoms with Crippen molar-refractivity contribution in [3.8, 4) is 0 Å². The van der Waals surface area contributed by atoms with Gasteiger partial charge >= 0.3 is 6.09 Å². The van der Waals surface area contributed by atoms with Crippen LogP contribution in [0.15, 0.2) is 24.3 Å². The molecule has 1 heterocycles. The first-order valence-corrected chi connectivity index (χ1v) is 6.02. The Morgan fingerprint density at radius 1 is 1.53 bits per heavy atom. The van der Waals surface area contributed by atoms with E-state index in [1.54, 1.807) is 17.0 Å². The fourth-order valence-electron chi connectivity index (χ4n) is 1.90. The molecule has 5 heteroatoms. The van der Waals surface area contributed by atoms with Gasteiger partial charge in [0.1, 0.15) is 6.10 Å². The molecule has 92 valence electrons. The summed E-state index contributed by atoms with van der Waals surface area (Å²) in [6, 6.07) is 7.19. The number of halogens is 1. The number of hydrogen-bond acceptors (Lipinski definition) is 3. The molecule has 1 fully saturated rings. The van der Waals surface area contributed by atoms with Crippen molar-refractivity contribution in [2.24, 2.45) is 5.73 Å². The Bertz CT molecular complexity index is 411. The summed E-state index contributed by atoms with van der Waals surface area (Å²) in [5.41, 5.74) is 6.22. The van der Waals surface area contributed by atoms with Crippen molar-refractivity contribution in [3.63, 3.8) is 0 Å². The number of carbonyl (C=O) groups is 1. The van der Waals surface area contributed by atoms with Crippen molar-refractivity contribution < 1.29 is 9.53 Å². The molecular formula is C12H15ClN2O2. The fourth-order valence-corrected chi connectivity index (χ4v) is 2.08. The molecule has 1 saturated heterocycles. The summed E-state index contributed by atoms with van der Waals surface area (Å²) >= 11 is 5.89. The number of anilines is 1.